The van der Waals surface area contributed by atoms with Crippen molar-refractivity contribution in [3.63, 3.8) is 0 Å². The highest BCUT2D eigenvalue weighted by Crippen LogP contribution is 2.51. The molecule has 2 aliphatic rings. The average molecular weight is 295 g/mol. The Labute approximate surface area is 129 Å². The molecule has 2 aromatic heterocycles. The van der Waals surface area contributed by atoms with Gasteiger partial charge in [0.15, 0.2) is 11.9 Å². The summed E-state index contributed by atoms with van der Waals surface area (Å²) in [4.78, 5) is 7.85. The molecular weight excluding hydrogens is 276 g/mol. The molecule has 0 aliphatic heterocycles. The van der Waals surface area contributed by atoms with E-state index < -0.39 is 0 Å². The number of nitrogens with one attached hydrogen (secondary N) is 1. The molecule has 0 saturated heterocycles. The van der Waals surface area contributed by atoms with Gasteiger partial charge in [-0.05, 0) is 50.0 Å². The van der Waals surface area contributed by atoms with E-state index in [4.69, 9.17) is 0 Å². The van der Waals surface area contributed by atoms with Crippen LogP contribution in [0.4, 0.5) is 0 Å². The lowest BCUT2D eigenvalue weighted by molar-refractivity contribution is -0.394. The Balaban J connectivity index is 1.50. The summed E-state index contributed by atoms with van der Waals surface area (Å²) in [5.41, 5.74) is 3.31. The van der Waals surface area contributed by atoms with Crippen molar-refractivity contribution in [2.45, 2.75) is 38.5 Å². The number of aryl methyl sites for hydroxylation is 1. The molecule has 0 aromatic carbocycles. The van der Waals surface area contributed by atoms with E-state index in [-0.39, 0.29) is 0 Å². The smallest absolute Gasteiger partial charge is 0.183 e. The molecule has 2 bridgehead atoms. The minimum atomic E-state index is 0.756. The number of aromatic nitrogens is 2. The molecule has 2 aromatic rings. The molecule has 0 radical (unpaired) electrons. The van der Waals surface area contributed by atoms with E-state index in [0.717, 1.165) is 34.0 Å². The number of hydrogen-bond acceptors (Lipinski definition) is 2. The van der Waals surface area contributed by atoms with Crippen molar-refractivity contribution in [3.05, 3.63) is 45.7 Å². The Morgan fingerprint density at radius 3 is 2.81 bits per heavy atom. The van der Waals surface area contributed by atoms with Gasteiger partial charge in [-0.25, -0.2) is 9.97 Å². The van der Waals surface area contributed by atoms with E-state index in [9.17, 15) is 0 Å². The summed E-state index contributed by atoms with van der Waals surface area (Å²) in [5, 5.41) is 3.08. The highest BCUT2D eigenvalue weighted by atomic mass is 32.1. The van der Waals surface area contributed by atoms with Crippen LogP contribution in [-0.2, 0) is 0 Å². The van der Waals surface area contributed by atoms with Gasteiger partial charge in [0.1, 0.15) is 5.69 Å². The molecule has 0 amide bonds. The van der Waals surface area contributed by atoms with Crippen LogP contribution in [0.25, 0.3) is 0 Å². The lowest BCUT2D eigenvalue weighted by Crippen LogP contribution is -2.19. The van der Waals surface area contributed by atoms with Crippen LogP contribution in [0.1, 0.15) is 53.6 Å². The maximum absolute atomic E-state index is 4.37. The summed E-state index contributed by atoms with van der Waals surface area (Å²) < 4.78 is 0. The molecule has 1 N–H and O–H groups in total. The maximum atomic E-state index is 4.37. The maximum Gasteiger partial charge on any atom is 0.183 e. The van der Waals surface area contributed by atoms with E-state index in [1.165, 1.54) is 31.4 Å². The number of hydrogen-bond donors (Lipinski definition) is 0. The largest absolute Gasteiger partial charge is 0.233 e. The summed E-state index contributed by atoms with van der Waals surface area (Å²) in [7, 11) is 0. The van der Waals surface area contributed by atoms with E-state index in [1.54, 1.807) is 11.3 Å². The molecule has 2 heterocycles. The predicted octanol–water partition coefficient (Wildman–Crippen LogP) is 3.57. The second kappa shape index (κ2) is 5.27. The first kappa shape index (κ1) is 13.0. The van der Waals surface area contributed by atoms with E-state index in [1.807, 2.05) is 18.5 Å². The molecule has 4 rings (SSSR count). The van der Waals surface area contributed by atoms with Crippen LogP contribution in [0, 0.1) is 30.6 Å². The Kier molecular flexibility index (Phi) is 3.27. The second-order valence-electron chi connectivity index (χ2n) is 6.32. The van der Waals surface area contributed by atoms with Crippen LogP contribution in [0.2, 0.25) is 0 Å². The van der Waals surface area contributed by atoms with Crippen molar-refractivity contribution in [1.82, 2.24) is 4.98 Å². The summed E-state index contributed by atoms with van der Waals surface area (Å²) in [6.45, 7) is 2.01. The number of fused-ring (bicyclic) bond motifs is 2. The molecule has 3 unspecified atom stereocenters. The summed E-state index contributed by atoms with van der Waals surface area (Å²) in [6, 6.07) is 4.38. The Bertz CT molecular complexity index is 705. The third-order valence-corrected chi connectivity index (χ3v) is 5.70. The van der Waals surface area contributed by atoms with Gasteiger partial charge < -0.3 is 0 Å². The quantitative estimate of drug-likeness (QED) is 0.739. The summed E-state index contributed by atoms with van der Waals surface area (Å²) in [6.07, 6.45) is 7.76. The van der Waals surface area contributed by atoms with Crippen LogP contribution in [0.5, 0.6) is 0 Å². The minimum absolute atomic E-state index is 0.756. The summed E-state index contributed by atoms with van der Waals surface area (Å²) >= 11 is 1.64. The zero-order valence-electron chi connectivity index (χ0n) is 12.2. The molecule has 3 atom stereocenters. The normalized spacial score (nSPS) is 26.6. The highest BCUT2D eigenvalue weighted by molar-refractivity contribution is 7.09. The van der Waals surface area contributed by atoms with Crippen LogP contribution < -0.4 is 4.98 Å². The molecule has 106 valence electrons. The molecule has 0 spiro atoms. The van der Waals surface area contributed by atoms with Crippen LogP contribution in [0.3, 0.4) is 0 Å². The molecule has 2 saturated carbocycles. The predicted molar refractivity (Wildman–Crippen MR) is 84.0 cm³/mol. The van der Waals surface area contributed by atoms with E-state index >= 15 is 0 Å². The highest BCUT2D eigenvalue weighted by Gasteiger charge is 2.42. The van der Waals surface area contributed by atoms with E-state index in [0.29, 0.717) is 0 Å². The zero-order chi connectivity index (χ0) is 14.2. The number of nitrogens with zero attached hydrogens (tertiary/aromatic N) is 1. The van der Waals surface area contributed by atoms with Gasteiger partial charge in [0, 0.05) is 17.4 Å². The minimum Gasteiger partial charge on any atom is -0.233 e. The topological polar surface area (TPSA) is 27.0 Å². The second-order valence-corrected chi connectivity index (χ2v) is 7.38. The zero-order valence-corrected chi connectivity index (χ0v) is 13.0. The fourth-order valence-electron chi connectivity index (χ4n) is 3.93. The third kappa shape index (κ3) is 2.61. The van der Waals surface area contributed by atoms with Crippen molar-refractivity contribution >= 4 is 11.3 Å². The van der Waals surface area contributed by atoms with Crippen LogP contribution in [0.15, 0.2) is 23.7 Å². The van der Waals surface area contributed by atoms with Gasteiger partial charge in [0.25, 0.3) is 0 Å². The Morgan fingerprint density at radius 2 is 2.19 bits per heavy atom. The van der Waals surface area contributed by atoms with Crippen molar-refractivity contribution < 1.29 is 4.98 Å². The van der Waals surface area contributed by atoms with Crippen molar-refractivity contribution in [2.75, 3.05) is 0 Å². The molecular formula is C18H19N2S+. The van der Waals surface area contributed by atoms with Gasteiger partial charge in [-0.3, -0.25) is 0 Å². The Hall–Kier alpha value is -1.66. The third-order valence-electron chi connectivity index (χ3n) is 4.93. The van der Waals surface area contributed by atoms with Gasteiger partial charge in [0.05, 0.1) is 10.6 Å². The van der Waals surface area contributed by atoms with Gasteiger partial charge in [-0.2, -0.15) is 0 Å². The van der Waals surface area contributed by atoms with Gasteiger partial charge >= 0.3 is 0 Å². The number of pyridine rings is 1. The van der Waals surface area contributed by atoms with Crippen molar-refractivity contribution in [1.29, 1.82) is 0 Å². The SMILES string of the molecule is Cc1nc(C#Cc2ccc(C3CC4CCC3C4)[nH+]c2)cs1. The number of thiazole rings is 1. The lowest BCUT2D eigenvalue weighted by atomic mass is 9.86. The van der Waals surface area contributed by atoms with Crippen molar-refractivity contribution in [3.8, 4) is 11.8 Å². The number of H-pyrrole nitrogens is 1. The number of rotatable bonds is 1. The molecule has 2 aliphatic carbocycles. The summed E-state index contributed by atoms with van der Waals surface area (Å²) in [5.74, 6) is 8.98. The van der Waals surface area contributed by atoms with Crippen molar-refractivity contribution in [2.24, 2.45) is 11.8 Å². The fourth-order valence-corrected chi connectivity index (χ4v) is 4.47. The number of aromatic amines is 1. The first-order valence-corrected chi connectivity index (χ1v) is 8.61. The molecule has 21 heavy (non-hydrogen) atoms. The molecule has 2 nitrogen and oxygen atoms in total. The van der Waals surface area contributed by atoms with Crippen LogP contribution >= 0.6 is 11.3 Å². The average Bonchev–Trinajstić information content (AvgIpc) is 3.22. The lowest BCUT2D eigenvalue weighted by Gasteiger charge is -2.17. The van der Waals surface area contributed by atoms with Gasteiger partial charge in [-0.1, -0.05) is 12.3 Å². The monoisotopic (exact) mass is 295 g/mol. The van der Waals surface area contributed by atoms with E-state index in [2.05, 4.69) is 33.9 Å². The van der Waals surface area contributed by atoms with Gasteiger partial charge in [0.2, 0.25) is 0 Å². The fraction of sp³-hybridized carbons (Fsp3) is 0.444. The first-order valence-electron chi connectivity index (χ1n) is 7.74. The first-order chi connectivity index (χ1) is 10.3. The van der Waals surface area contributed by atoms with Crippen LogP contribution in [-0.4, -0.2) is 4.98 Å². The molecule has 2 fully saturated rings. The Morgan fingerprint density at radius 1 is 1.24 bits per heavy atom. The van der Waals surface area contributed by atoms with Gasteiger partial charge in [-0.15, -0.1) is 11.3 Å². The standard InChI is InChI=1S/C18H18N2S/c1-12-20-16(11-21-12)6-3-13-4-7-18(19-10-13)17-9-14-2-5-15(17)8-14/h4,7,10-11,14-15,17H,2,5,8-9H2,1H3/p+1. The molecule has 3 heteroatoms.